The van der Waals surface area contributed by atoms with E-state index in [1.54, 1.807) is 31.2 Å². The Morgan fingerprint density at radius 3 is 2.19 bits per heavy atom. The van der Waals surface area contributed by atoms with Gasteiger partial charge >= 0.3 is 0 Å². The Hall–Kier alpha value is -2.98. The maximum atomic E-state index is 13.4. The van der Waals surface area contributed by atoms with E-state index in [9.17, 15) is 13.2 Å². The Kier molecular flexibility index (Phi) is 9.44. The summed E-state index contributed by atoms with van der Waals surface area (Å²) in [5.74, 6) is 0.355. The highest BCUT2D eigenvalue weighted by Crippen LogP contribution is 2.36. The molecule has 2 N–H and O–H groups in total. The van der Waals surface area contributed by atoms with Crippen molar-refractivity contribution in [2.75, 3.05) is 26.1 Å². The molecule has 0 saturated carbocycles. The maximum absolute atomic E-state index is 13.4. The predicted octanol–water partition coefficient (Wildman–Crippen LogP) is 4.94. The molecule has 0 aliphatic heterocycles. The van der Waals surface area contributed by atoms with Crippen LogP contribution in [0.5, 0.6) is 17.2 Å². The molecule has 0 bridgehead atoms. The van der Waals surface area contributed by atoms with Gasteiger partial charge in [0.05, 0.1) is 41.5 Å². The Morgan fingerprint density at radius 1 is 0.917 bits per heavy atom. The summed E-state index contributed by atoms with van der Waals surface area (Å²) in [4.78, 5) is 13.3. The van der Waals surface area contributed by atoms with Crippen molar-refractivity contribution in [3.05, 3.63) is 76.3 Å². The molecule has 0 fully saturated rings. The van der Waals surface area contributed by atoms with Crippen LogP contribution in [0.1, 0.15) is 12.5 Å². The van der Waals surface area contributed by atoms with Crippen LogP contribution in [0.4, 0.5) is 5.69 Å². The first-order valence-corrected chi connectivity index (χ1v) is 13.1. The van der Waals surface area contributed by atoms with Crippen molar-refractivity contribution in [3.63, 3.8) is 0 Å². The Bertz CT molecular complexity index is 1320. The van der Waals surface area contributed by atoms with E-state index in [0.717, 1.165) is 5.56 Å². The number of hydrogen-bond donors (Lipinski definition) is 2. The number of amides is 1. The number of carbonyl (C=O) groups is 1. The molecule has 11 heteroatoms. The third-order valence-electron chi connectivity index (χ3n) is 5.14. The van der Waals surface area contributed by atoms with Crippen molar-refractivity contribution in [2.24, 2.45) is 0 Å². The fourth-order valence-electron chi connectivity index (χ4n) is 3.39. The molecule has 0 spiro atoms. The predicted molar refractivity (Wildman–Crippen MR) is 140 cm³/mol. The highest BCUT2D eigenvalue weighted by molar-refractivity contribution is 7.89. The van der Waals surface area contributed by atoms with E-state index in [0.29, 0.717) is 23.1 Å². The molecule has 1 atom stereocenters. The Labute approximate surface area is 220 Å². The summed E-state index contributed by atoms with van der Waals surface area (Å²) >= 11 is 12.3. The standard InChI is InChI=1S/C25H26Cl2N2O6S/c1-4-35-22-11-10-17(13-18(22)26)36(31,32)29-21(12-16-8-6-5-7-9-16)25(30)28-20-15-23(33-2)19(27)14-24(20)34-3/h5-11,13-15,21,29H,4,12H2,1-3H3,(H,28,30)/t21-/m0/s1. The average Bonchev–Trinajstić information content (AvgIpc) is 2.86. The summed E-state index contributed by atoms with van der Waals surface area (Å²) < 4.78 is 44.9. The molecule has 36 heavy (non-hydrogen) atoms. The second kappa shape index (κ2) is 12.3. The molecule has 0 aromatic heterocycles. The van der Waals surface area contributed by atoms with Gasteiger partial charge in [-0.2, -0.15) is 4.72 Å². The van der Waals surface area contributed by atoms with Crippen LogP contribution in [0.25, 0.3) is 0 Å². The molecule has 8 nitrogen and oxygen atoms in total. The molecule has 0 saturated heterocycles. The molecule has 0 unspecified atom stereocenters. The normalized spacial score (nSPS) is 12.0. The first-order chi connectivity index (χ1) is 17.2. The van der Waals surface area contributed by atoms with Gasteiger partial charge in [-0.05, 0) is 37.1 Å². The average molecular weight is 553 g/mol. The molecular formula is C25H26Cl2N2O6S. The minimum atomic E-state index is -4.13. The fourth-order valence-corrected chi connectivity index (χ4v) is 5.14. The third kappa shape index (κ3) is 6.82. The van der Waals surface area contributed by atoms with Crippen molar-refractivity contribution in [1.29, 1.82) is 0 Å². The molecule has 0 radical (unpaired) electrons. The van der Waals surface area contributed by atoms with E-state index in [1.165, 1.54) is 44.6 Å². The van der Waals surface area contributed by atoms with Crippen molar-refractivity contribution in [3.8, 4) is 17.2 Å². The van der Waals surface area contributed by atoms with Gasteiger partial charge in [0.15, 0.2) is 0 Å². The number of methoxy groups -OCH3 is 2. The van der Waals surface area contributed by atoms with Crippen LogP contribution in [0.3, 0.4) is 0 Å². The lowest BCUT2D eigenvalue weighted by Crippen LogP contribution is -2.45. The summed E-state index contributed by atoms with van der Waals surface area (Å²) in [6.07, 6.45) is 0.0870. The Balaban J connectivity index is 1.93. The van der Waals surface area contributed by atoms with Gasteiger partial charge in [0.1, 0.15) is 23.3 Å². The van der Waals surface area contributed by atoms with E-state index >= 15 is 0 Å². The minimum Gasteiger partial charge on any atom is -0.495 e. The molecule has 1 amide bonds. The lowest BCUT2D eigenvalue weighted by Gasteiger charge is -2.20. The Morgan fingerprint density at radius 2 is 1.58 bits per heavy atom. The zero-order valence-corrected chi connectivity index (χ0v) is 22.2. The van der Waals surface area contributed by atoms with Gasteiger partial charge < -0.3 is 19.5 Å². The minimum absolute atomic E-state index is 0.0870. The van der Waals surface area contributed by atoms with Crippen LogP contribution in [0.2, 0.25) is 10.0 Å². The van der Waals surface area contributed by atoms with E-state index in [-0.39, 0.29) is 27.8 Å². The monoisotopic (exact) mass is 552 g/mol. The summed E-state index contributed by atoms with van der Waals surface area (Å²) in [5, 5.41) is 3.15. The molecule has 3 aromatic carbocycles. The van der Waals surface area contributed by atoms with E-state index in [1.807, 2.05) is 6.07 Å². The van der Waals surface area contributed by atoms with Crippen LogP contribution in [0, 0.1) is 0 Å². The highest BCUT2D eigenvalue weighted by Gasteiger charge is 2.28. The molecule has 3 aromatic rings. The number of anilines is 1. The molecule has 0 heterocycles. The quantitative estimate of drug-likeness (QED) is 0.349. The smallest absolute Gasteiger partial charge is 0.243 e. The number of hydrogen-bond acceptors (Lipinski definition) is 6. The molecule has 3 rings (SSSR count). The number of halogens is 2. The summed E-state index contributed by atoms with van der Waals surface area (Å²) in [6.45, 7) is 2.17. The maximum Gasteiger partial charge on any atom is 0.243 e. The van der Waals surface area contributed by atoms with Crippen LogP contribution >= 0.6 is 23.2 Å². The fraction of sp³-hybridized carbons (Fsp3) is 0.240. The number of sulfonamides is 1. The van der Waals surface area contributed by atoms with Crippen LogP contribution in [-0.2, 0) is 21.2 Å². The van der Waals surface area contributed by atoms with Crippen molar-refractivity contribution in [2.45, 2.75) is 24.3 Å². The summed E-state index contributed by atoms with van der Waals surface area (Å²) in [5.41, 5.74) is 1.02. The van der Waals surface area contributed by atoms with Crippen LogP contribution in [-0.4, -0.2) is 41.2 Å². The van der Waals surface area contributed by atoms with Gasteiger partial charge in [-0.1, -0.05) is 53.5 Å². The summed E-state index contributed by atoms with van der Waals surface area (Å²) in [7, 11) is -1.27. The zero-order valence-electron chi connectivity index (χ0n) is 19.9. The lowest BCUT2D eigenvalue weighted by molar-refractivity contribution is -0.117. The number of carbonyl (C=O) groups excluding carboxylic acids is 1. The highest BCUT2D eigenvalue weighted by atomic mass is 35.5. The SMILES string of the molecule is CCOc1ccc(S(=O)(=O)N[C@@H](Cc2ccccc2)C(=O)Nc2cc(OC)c(Cl)cc2OC)cc1Cl. The lowest BCUT2D eigenvalue weighted by atomic mass is 10.1. The number of ether oxygens (including phenoxy) is 3. The molecule has 0 aliphatic carbocycles. The second-order valence-electron chi connectivity index (χ2n) is 7.57. The first-order valence-electron chi connectivity index (χ1n) is 10.9. The molecular weight excluding hydrogens is 527 g/mol. The number of rotatable bonds is 11. The van der Waals surface area contributed by atoms with Crippen molar-refractivity contribution < 1.29 is 27.4 Å². The topological polar surface area (TPSA) is 103 Å². The van der Waals surface area contributed by atoms with E-state index < -0.39 is 22.0 Å². The number of benzene rings is 3. The van der Waals surface area contributed by atoms with Crippen LogP contribution in [0.15, 0.2) is 65.6 Å². The van der Waals surface area contributed by atoms with Gasteiger partial charge in [-0.15, -0.1) is 0 Å². The van der Waals surface area contributed by atoms with Gasteiger partial charge in [0.25, 0.3) is 0 Å². The van der Waals surface area contributed by atoms with Crippen molar-refractivity contribution in [1.82, 2.24) is 4.72 Å². The zero-order chi connectivity index (χ0) is 26.3. The van der Waals surface area contributed by atoms with Gasteiger partial charge in [0, 0.05) is 12.1 Å². The largest absolute Gasteiger partial charge is 0.495 e. The van der Waals surface area contributed by atoms with Gasteiger partial charge in [-0.25, -0.2) is 8.42 Å². The first kappa shape index (κ1) is 27.6. The van der Waals surface area contributed by atoms with Gasteiger partial charge in [-0.3, -0.25) is 4.79 Å². The van der Waals surface area contributed by atoms with E-state index in [2.05, 4.69) is 10.0 Å². The van der Waals surface area contributed by atoms with Crippen molar-refractivity contribution >= 4 is 44.8 Å². The molecule has 192 valence electrons. The number of nitrogens with one attached hydrogen (secondary N) is 2. The van der Waals surface area contributed by atoms with Gasteiger partial charge in [0.2, 0.25) is 15.9 Å². The van der Waals surface area contributed by atoms with E-state index in [4.69, 9.17) is 37.4 Å². The third-order valence-corrected chi connectivity index (χ3v) is 7.20. The summed E-state index contributed by atoms with van der Waals surface area (Å²) in [6, 6.07) is 15.0. The van der Waals surface area contributed by atoms with Crippen LogP contribution < -0.4 is 24.2 Å². The second-order valence-corrected chi connectivity index (χ2v) is 10.1. The molecule has 0 aliphatic rings.